The van der Waals surface area contributed by atoms with Gasteiger partial charge in [0.1, 0.15) is 11.5 Å². The van der Waals surface area contributed by atoms with Gasteiger partial charge in [-0.25, -0.2) is 0 Å². The SMILES string of the molecule is CC(C)CN(C)C(C)c1cc(O)cc(O)c1. The topological polar surface area (TPSA) is 43.7 Å². The zero-order chi connectivity index (χ0) is 12.3. The van der Waals surface area contributed by atoms with Gasteiger partial charge in [0.2, 0.25) is 0 Å². The van der Waals surface area contributed by atoms with Crippen molar-refractivity contribution >= 4 is 0 Å². The largest absolute Gasteiger partial charge is 0.508 e. The van der Waals surface area contributed by atoms with Crippen molar-refractivity contribution in [1.82, 2.24) is 4.90 Å². The van der Waals surface area contributed by atoms with Gasteiger partial charge in [-0.1, -0.05) is 13.8 Å². The van der Waals surface area contributed by atoms with E-state index in [4.69, 9.17) is 0 Å². The first-order chi connectivity index (χ1) is 7.40. The predicted octanol–water partition coefficient (Wildman–Crippen LogP) is 2.75. The van der Waals surface area contributed by atoms with Crippen molar-refractivity contribution in [2.45, 2.75) is 26.8 Å². The molecule has 0 heterocycles. The van der Waals surface area contributed by atoms with Crippen LogP contribution < -0.4 is 0 Å². The highest BCUT2D eigenvalue weighted by molar-refractivity contribution is 5.37. The van der Waals surface area contributed by atoms with E-state index in [1.165, 1.54) is 6.07 Å². The highest BCUT2D eigenvalue weighted by atomic mass is 16.3. The minimum absolute atomic E-state index is 0.111. The van der Waals surface area contributed by atoms with Crippen molar-refractivity contribution in [3.63, 3.8) is 0 Å². The maximum Gasteiger partial charge on any atom is 0.119 e. The van der Waals surface area contributed by atoms with Gasteiger partial charge in [-0.15, -0.1) is 0 Å². The van der Waals surface area contributed by atoms with E-state index in [1.807, 2.05) is 7.05 Å². The lowest BCUT2D eigenvalue weighted by Crippen LogP contribution is -2.26. The Bertz CT molecular complexity index is 330. The van der Waals surface area contributed by atoms with Gasteiger partial charge in [0.25, 0.3) is 0 Å². The summed E-state index contributed by atoms with van der Waals surface area (Å²) in [5.41, 5.74) is 0.931. The van der Waals surface area contributed by atoms with Gasteiger partial charge >= 0.3 is 0 Å². The smallest absolute Gasteiger partial charge is 0.119 e. The lowest BCUT2D eigenvalue weighted by Gasteiger charge is -2.26. The molecule has 0 aliphatic heterocycles. The summed E-state index contributed by atoms with van der Waals surface area (Å²) in [6.45, 7) is 7.39. The summed E-state index contributed by atoms with van der Waals surface area (Å²) < 4.78 is 0. The first kappa shape index (κ1) is 12.8. The van der Waals surface area contributed by atoms with Crippen molar-refractivity contribution in [3.05, 3.63) is 23.8 Å². The molecular weight excluding hydrogens is 202 g/mol. The average molecular weight is 223 g/mol. The Balaban J connectivity index is 2.82. The van der Waals surface area contributed by atoms with E-state index in [-0.39, 0.29) is 17.5 Å². The quantitative estimate of drug-likeness (QED) is 0.825. The molecule has 1 atom stereocenters. The highest BCUT2D eigenvalue weighted by Gasteiger charge is 2.14. The number of aromatic hydroxyl groups is 2. The first-order valence-electron chi connectivity index (χ1n) is 5.63. The number of hydrogen-bond acceptors (Lipinski definition) is 3. The molecule has 0 aliphatic carbocycles. The van der Waals surface area contributed by atoms with Crippen LogP contribution in [0.3, 0.4) is 0 Å². The molecule has 2 N–H and O–H groups in total. The van der Waals surface area contributed by atoms with Crippen LogP contribution in [0.15, 0.2) is 18.2 Å². The lowest BCUT2D eigenvalue weighted by atomic mass is 10.1. The number of benzene rings is 1. The first-order valence-corrected chi connectivity index (χ1v) is 5.63. The van der Waals surface area contributed by atoms with Gasteiger partial charge < -0.3 is 10.2 Å². The minimum atomic E-state index is 0.111. The Morgan fingerprint density at radius 1 is 1.06 bits per heavy atom. The number of nitrogens with zero attached hydrogens (tertiary/aromatic N) is 1. The van der Waals surface area contributed by atoms with E-state index in [2.05, 4.69) is 25.7 Å². The van der Waals surface area contributed by atoms with Crippen LogP contribution in [0.25, 0.3) is 0 Å². The molecule has 3 heteroatoms. The van der Waals surface area contributed by atoms with Crippen LogP contribution in [0, 0.1) is 5.92 Å². The Hall–Kier alpha value is -1.22. The van der Waals surface area contributed by atoms with Gasteiger partial charge in [-0.05, 0) is 37.6 Å². The minimum Gasteiger partial charge on any atom is -0.508 e. The van der Waals surface area contributed by atoms with E-state index < -0.39 is 0 Å². The highest BCUT2D eigenvalue weighted by Crippen LogP contribution is 2.27. The third-order valence-corrected chi connectivity index (χ3v) is 2.72. The fourth-order valence-corrected chi connectivity index (χ4v) is 1.85. The van der Waals surface area contributed by atoms with Gasteiger partial charge in [-0.3, -0.25) is 4.90 Å². The molecule has 1 aromatic carbocycles. The number of rotatable bonds is 4. The van der Waals surface area contributed by atoms with Gasteiger partial charge in [0.05, 0.1) is 0 Å². The molecule has 1 rings (SSSR count). The molecule has 0 bridgehead atoms. The second-order valence-electron chi connectivity index (χ2n) is 4.79. The average Bonchev–Trinajstić information content (AvgIpc) is 2.13. The zero-order valence-corrected chi connectivity index (χ0v) is 10.4. The summed E-state index contributed by atoms with van der Waals surface area (Å²) >= 11 is 0. The Kier molecular flexibility index (Phi) is 4.19. The summed E-state index contributed by atoms with van der Waals surface area (Å²) in [5.74, 6) is 0.818. The molecule has 90 valence electrons. The molecule has 16 heavy (non-hydrogen) atoms. The third-order valence-electron chi connectivity index (χ3n) is 2.72. The van der Waals surface area contributed by atoms with Crippen LogP contribution in [0.1, 0.15) is 32.4 Å². The molecule has 0 saturated heterocycles. The molecule has 3 nitrogen and oxygen atoms in total. The molecule has 0 amide bonds. The van der Waals surface area contributed by atoms with E-state index in [0.29, 0.717) is 5.92 Å². The molecular formula is C13H21NO2. The fraction of sp³-hybridized carbons (Fsp3) is 0.538. The summed E-state index contributed by atoms with van der Waals surface area (Å²) in [4.78, 5) is 2.21. The molecule has 0 fully saturated rings. The third kappa shape index (κ3) is 3.42. The maximum atomic E-state index is 9.43. The number of phenols is 2. The molecule has 0 saturated carbocycles. The van der Waals surface area contributed by atoms with Crippen LogP contribution in [0.4, 0.5) is 0 Å². The molecule has 0 spiro atoms. The van der Waals surface area contributed by atoms with Crippen LogP contribution >= 0.6 is 0 Å². The number of hydrogen-bond donors (Lipinski definition) is 2. The van der Waals surface area contributed by atoms with E-state index in [9.17, 15) is 10.2 Å². The predicted molar refractivity (Wildman–Crippen MR) is 65.7 cm³/mol. The lowest BCUT2D eigenvalue weighted by molar-refractivity contribution is 0.232. The van der Waals surface area contributed by atoms with Crippen molar-refractivity contribution in [3.8, 4) is 11.5 Å². The zero-order valence-electron chi connectivity index (χ0n) is 10.4. The van der Waals surface area contributed by atoms with Crippen molar-refractivity contribution in [2.75, 3.05) is 13.6 Å². The Morgan fingerprint density at radius 3 is 2.00 bits per heavy atom. The van der Waals surface area contributed by atoms with E-state index >= 15 is 0 Å². The van der Waals surface area contributed by atoms with Crippen LogP contribution in [-0.4, -0.2) is 28.7 Å². The van der Waals surface area contributed by atoms with Gasteiger partial charge in [-0.2, -0.15) is 0 Å². The van der Waals surface area contributed by atoms with E-state index in [0.717, 1.165) is 12.1 Å². The fourth-order valence-electron chi connectivity index (χ4n) is 1.85. The van der Waals surface area contributed by atoms with E-state index in [1.54, 1.807) is 12.1 Å². The molecule has 0 radical (unpaired) electrons. The van der Waals surface area contributed by atoms with Crippen molar-refractivity contribution in [1.29, 1.82) is 0 Å². The second kappa shape index (κ2) is 5.21. The monoisotopic (exact) mass is 223 g/mol. The van der Waals surface area contributed by atoms with Gasteiger partial charge in [0, 0.05) is 18.7 Å². The van der Waals surface area contributed by atoms with Crippen LogP contribution in [0.5, 0.6) is 11.5 Å². The molecule has 0 aromatic heterocycles. The Labute approximate surface area is 97.3 Å². The molecule has 1 unspecified atom stereocenters. The van der Waals surface area contributed by atoms with Crippen molar-refractivity contribution < 1.29 is 10.2 Å². The summed E-state index contributed by atoms with van der Waals surface area (Å²) in [5, 5.41) is 18.9. The molecule has 0 aliphatic rings. The maximum absolute atomic E-state index is 9.43. The number of phenolic OH excluding ortho intramolecular Hbond substituents is 2. The summed E-state index contributed by atoms with van der Waals surface area (Å²) in [6.07, 6.45) is 0. The summed E-state index contributed by atoms with van der Waals surface area (Å²) in [6, 6.07) is 4.92. The van der Waals surface area contributed by atoms with Gasteiger partial charge in [0.15, 0.2) is 0 Å². The van der Waals surface area contributed by atoms with Crippen LogP contribution in [-0.2, 0) is 0 Å². The molecule has 1 aromatic rings. The van der Waals surface area contributed by atoms with Crippen LogP contribution in [0.2, 0.25) is 0 Å². The second-order valence-corrected chi connectivity index (χ2v) is 4.79. The Morgan fingerprint density at radius 2 is 1.56 bits per heavy atom. The standard InChI is InChI=1S/C13H21NO2/c1-9(2)8-14(4)10(3)11-5-12(15)7-13(16)6-11/h5-7,9-10,15-16H,8H2,1-4H3. The van der Waals surface area contributed by atoms with Crippen molar-refractivity contribution in [2.24, 2.45) is 5.92 Å². The summed E-state index contributed by atoms with van der Waals surface area (Å²) in [7, 11) is 2.05. The normalized spacial score (nSPS) is 13.4.